The first-order valence-corrected chi connectivity index (χ1v) is 9.66. The molecule has 1 rings (SSSR count). The molecule has 0 atom stereocenters. The molecule has 0 aliphatic carbocycles. The van der Waals surface area contributed by atoms with Gasteiger partial charge < -0.3 is 10.5 Å². The summed E-state index contributed by atoms with van der Waals surface area (Å²) < 4.78 is 5.11. The number of nitrogens with two attached hydrogens (primary N) is 1. The van der Waals surface area contributed by atoms with E-state index >= 15 is 0 Å². The highest BCUT2D eigenvalue weighted by molar-refractivity contribution is 9.08. The van der Waals surface area contributed by atoms with Crippen molar-refractivity contribution >= 4 is 33.9 Å². The lowest BCUT2D eigenvalue weighted by Gasteiger charge is -2.28. The van der Waals surface area contributed by atoms with Gasteiger partial charge in [-0.15, -0.1) is 4.99 Å². The predicted molar refractivity (Wildman–Crippen MR) is 108 cm³/mol. The zero-order chi connectivity index (χ0) is 20.8. The Morgan fingerprint density at radius 3 is 2.00 bits per heavy atom. The predicted octanol–water partition coefficient (Wildman–Crippen LogP) is 3.93. The van der Waals surface area contributed by atoms with Crippen molar-refractivity contribution < 1.29 is 19.2 Å². The van der Waals surface area contributed by atoms with E-state index in [-0.39, 0.29) is 12.4 Å². The van der Waals surface area contributed by atoms with Crippen LogP contribution in [-0.4, -0.2) is 34.2 Å². The number of rotatable bonds is 4. The molecule has 0 aliphatic heterocycles. The van der Waals surface area contributed by atoms with E-state index in [1.807, 2.05) is 24.3 Å². The van der Waals surface area contributed by atoms with Crippen molar-refractivity contribution in [2.45, 2.75) is 64.5 Å². The Hall–Kier alpha value is -1.93. The van der Waals surface area contributed by atoms with Gasteiger partial charge in [-0.3, -0.25) is 9.63 Å². The molecule has 2 amide bonds. The van der Waals surface area contributed by atoms with E-state index in [1.165, 1.54) is 0 Å². The van der Waals surface area contributed by atoms with Crippen LogP contribution in [0.5, 0.6) is 0 Å². The number of halogens is 1. The highest BCUT2D eigenvalue weighted by Crippen LogP contribution is 2.15. The molecular weight excluding hydrogens is 414 g/mol. The van der Waals surface area contributed by atoms with Crippen LogP contribution in [-0.2, 0) is 26.1 Å². The van der Waals surface area contributed by atoms with Crippen LogP contribution in [0.3, 0.4) is 0 Å². The molecule has 1 aromatic carbocycles. The highest BCUT2D eigenvalue weighted by Gasteiger charge is 2.27. The lowest BCUT2D eigenvalue weighted by Crippen LogP contribution is -2.47. The maximum absolute atomic E-state index is 12.7. The average Bonchev–Trinajstić information content (AvgIpc) is 2.50. The Balaban J connectivity index is 3.00. The molecule has 0 fully saturated rings. The van der Waals surface area contributed by atoms with Crippen molar-refractivity contribution in [1.29, 1.82) is 0 Å². The summed E-state index contributed by atoms with van der Waals surface area (Å²) in [6.07, 6.45) is -0.847. The SMILES string of the molecule is CC(C)(C)OC(=O)N=C(N)N(OC(C)(C)C)C(=O)Cc1ccc(CBr)cc1. The van der Waals surface area contributed by atoms with E-state index in [0.29, 0.717) is 0 Å². The van der Waals surface area contributed by atoms with Crippen molar-refractivity contribution in [3.05, 3.63) is 35.4 Å². The van der Waals surface area contributed by atoms with Crippen molar-refractivity contribution in [2.24, 2.45) is 10.7 Å². The maximum atomic E-state index is 12.7. The molecule has 0 saturated heterocycles. The summed E-state index contributed by atoms with van der Waals surface area (Å²) in [5.74, 6) is -0.817. The quantitative estimate of drug-likeness (QED) is 0.330. The molecule has 0 aromatic heterocycles. The number of ether oxygens (including phenoxy) is 1. The minimum absolute atomic E-state index is 0.0448. The maximum Gasteiger partial charge on any atom is 0.437 e. The first-order valence-electron chi connectivity index (χ1n) is 8.54. The lowest BCUT2D eigenvalue weighted by molar-refractivity contribution is -0.196. The first-order chi connectivity index (χ1) is 12.3. The van der Waals surface area contributed by atoms with Crippen LogP contribution in [0.25, 0.3) is 0 Å². The van der Waals surface area contributed by atoms with Crippen LogP contribution in [0.4, 0.5) is 4.79 Å². The highest BCUT2D eigenvalue weighted by atomic mass is 79.9. The van der Waals surface area contributed by atoms with Crippen LogP contribution in [0.2, 0.25) is 0 Å². The number of hydrogen-bond acceptors (Lipinski definition) is 4. The number of carbonyl (C=O) groups excluding carboxylic acids is 2. The number of nitrogens with zero attached hydrogens (tertiary/aromatic N) is 2. The number of benzene rings is 1. The molecule has 8 heteroatoms. The third-order valence-electron chi connectivity index (χ3n) is 2.93. The summed E-state index contributed by atoms with van der Waals surface area (Å²) in [6, 6.07) is 7.55. The normalized spacial score (nSPS) is 12.6. The van der Waals surface area contributed by atoms with Gasteiger partial charge in [-0.1, -0.05) is 40.2 Å². The van der Waals surface area contributed by atoms with Crippen molar-refractivity contribution in [2.75, 3.05) is 0 Å². The first kappa shape index (κ1) is 23.1. The number of alkyl halides is 1. The topological polar surface area (TPSA) is 94.2 Å². The van der Waals surface area contributed by atoms with Crippen LogP contribution in [0.1, 0.15) is 52.7 Å². The van der Waals surface area contributed by atoms with Gasteiger partial charge in [0.1, 0.15) is 5.60 Å². The summed E-state index contributed by atoms with van der Waals surface area (Å²) in [5, 5.41) is 1.58. The van der Waals surface area contributed by atoms with Crippen molar-refractivity contribution in [3.63, 3.8) is 0 Å². The van der Waals surface area contributed by atoms with Gasteiger partial charge in [0, 0.05) is 5.33 Å². The average molecular weight is 442 g/mol. The molecule has 150 valence electrons. The molecule has 0 spiro atoms. The van der Waals surface area contributed by atoms with Gasteiger partial charge in [-0.2, -0.15) is 5.06 Å². The Morgan fingerprint density at radius 2 is 1.56 bits per heavy atom. The molecule has 0 unspecified atom stereocenters. The molecule has 0 saturated carbocycles. The number of hydroxylamine groups is 2. The van der Waals surface area contributed by atoms with Crippen molar-refractivity contribution in [1.82, 2.24) is 5.06 Å². The van der Waals surface area contributed by atoms with E-state index in [2.05, 4.69) is 20.9 Å². The summed E-state index contributed by atoms with van der Waals surface area (Å²) in [7, 11) is 0. The van der Waals surface area contributed by atoms with Crippen LogP contribution in [0, 0.1) is 0 Å². The molecule has 1 aromatic rings. The Morgan fingerprint density at radius 1 is 1.04 bits per heavy atom. The standard InChI is InChI=1S/C19H28BrN3O4/c1-18(2,3)26-17(25)22-16(21)23(27-19(4,5)6)15(24)11-13-7-9-14(12-20)10-8-13/h7-10H,11-12H2,1-6H3,(H2,21,22,25). The molecule has 0 bridgehead atoms. The summed E-state index contributed by atoms with van der Waals surface area (Å²) in [6.45, 7) is 10.4. The molecule has 0 heterocycles. The molecule has 0 radical (unpaired) electrons. The minimum atomic E-state index is -0.892. The van der Waals surface area contributed by atoms with E-state index in [9.17, 15) is 9.59 Å². The van der Waals surface area contributed by atoms with Crippen LogP contribution >= 0.6 is 15.9 Å². The third kappa shape index (κ3) is 9.01. The molecule has 27 heavy (non-hydrogen) atoms. The number of amides is 2. The smallest absolute Gasteiger partial charge is 0.437 e. The summed E-state index contributed by atoms with van der Waals surface area (Å²) in [4.78, 5) is 33.9. The van der Waals surface area contributed by atoms with Gasteiger partial charge in [0.2, 0.25) is 5.96 Å². The number of aliphatic imine (C=N–C) groups is 1. The second kappa shape index (κ2) is 9.32. The fourth-order valence-corrected chi connectivity index (χ4v) is 2.29. The van der Waals surface area contributed by atoms with E-state index in [0.717, 1.165) is 21.5 Å². The van der Waals surface area contributed by atoms with Crippen LogP contribution in [0.15, 0.2) is 29.3 Å². The van der Waals surface area contributed by atoms with Gasteiger partial charge in [-0.25, -0.2) is 4.79 Å². The minimum Gasteiger partial charge on any atom is -0.442 e. The number of guanidine groups is 1. The van der Waals surface area contributed by atoms with Crippen LogP contribution < -0.4 is 5.73 Å². The Labute approximate surface area is 169 Å². The summed E-state index contributed by atoms with van der Waals surface area (Å²) in [5.41, 5.74) is 6.31. The van der Waals surface area contributed by atoms with E-state index < -0.39 is 23.2 Å². The summed E-state index contributed by atoms with van der Waals surface area (Å²) >= 11 is 3.38. The second-order valence-corrected chi connectivity index (χ2v) is 8.53. The van der Waals surface area contributed by atoms with Crippen molar-refractivity contribution in [3.8, 4) is 0 Å². The van der Waals surface area contributed by atoms with Gasteiger partial charge in [0.25, 0.3) is 5.91 Å². The monoisotopic (exact) mass is 441 g/mol. The fraction of sp³-hybridized carbons (Fsp3) is 0.526. The molecule has 7 nitrogen and oxygen atoms in total. The van der Waals surface area contributed by atoms with Gasteiger partial charge in [0.15, 0.2) is 0 Å². The zero-order valence-corrected chi connectivity index (χ0v) is 18.3. The largest absolute Gasteiger partial charge is 0.442 e. The zero-order valence-electron chi connectivity index (χ0n) is 16.7. The van der Waals surface area contributed by atoms with Gasteiger partial charge in [0.05, 0.1) is 12.0 Å². The number of hydrogen-bond donors (Lipinski definition) is 1. The second-order valence-electron chi connectivity index (χ2n) is 7.97. The third-order valence-corrected chi connectivity index (χ3v) is 3.58. The van der Waals surface area contributed by atoms with Gasteiger partial charge in [-0.05, 0) is 52.7 Å². The fourth-order valence-electron chi connectivity index (χ4n) is 1.92. The lowest BCUT2D eigenvalue weighted by atomic mass is 10.1. The number of carbonyl (C=O) groups is 2. The molecule has 2 N–H and O–H groups in total. The molecular formula is C19H28BrN3O4. The Bertz CT molecular complexity index is 688. The Kier molecular flexibility index (Phi) is 7.98. The van der Waals surface area contributed by atoms with E-state index in [1.54, 1.807) is 41.5 Å². The molecule has 0 aliphatic rings. The van der Waals surface area contributed by atoms with Gasteiger partial charge >= 0.3 is 6.09 Å². The van der Waals surface area contributed by atoms with E-state index in [4.69, 9.17) is 15.3 Å².